The van der Waals surface area contributed by atoms with E-state index in [1.807, 2.05) is 85.8 Å². The van der Waals surface area contributed by atoms with E-state index in [0.717, 1.165) is 16.5 Å². The van der Waals surface area contributed by atoms with Crippen LogP contribution in [-0.2, 0) is 37.2 Å². The summed E-state index contributed by atoms with van der Waals surface area (Å²) in [5.74, 6) is -2.15. The van der Waals surface area contributed by atoms with Crippen molar-refractivity contribution in [3.05, 3.63) is 132 Å². The molecule has 0 amide bonds. The summed E-state index contributed by atoms with van der Waals surface area (Å²) >= 11 is 0. The van der Waals surface area contributed by atoms with Crippen molar-refractivity contribution in [1.82, 2.24) is 9.97 Å². The Balaban J connectivity index is 1.22. The van der Waals surface area contributed by atoms with E-state index in [0.29, 0.717) is 43.2 Å². The van der Waals surface area contributed by atoms with Gasteiger partial charge in [-0.2, -0.15) is 8.42 Å². The standard InChI is InChI=1S/C38H37N3O5S/c1-2-32(29-17-11-18-31(24-29)41-47(44,45)37-39-26-30-16-9-10-19-33(30)40-37)35-34(42)25-38(46-36(35)43,22-20-27-12-5-3-6-13-27)23-21-28-14-7-4-8-15-28/h3-19,24,26,32,35,41H,2,20-23,25H2,1H3. The Hall–Kier alpha value is -4.89. The molecule has 5 aromatic rings. The van der Waals surface area contributed by atoms with Crippen molar-refractivity contribution in [2.45, 2.75) is 62.1 Å². The average molecular weight is 648 g/mol. The van der Waals surface area contributed by atoms with Crippen LogP contribution in [-0.4, -0.2) is 35.7 Å². The first-order chi connectivity index (χ1) is 22.7. The molecule has 8 nitrogen and oxygen atoms in total. The lowest BCUT2D eigenvalue weighted by molar-refractivity contribution is -0.180. The highest BCUT2D eigenvalue weighted by atomic mass is 32.2. The van der Waals surface area contributed by atoms with Crippen molar-refractivity contribution in [1.29, 1.82) is 0 Å². The van der Waals surface area contributed by atoms with Gasteiger partial charge in [0.25, 0.3) is 15.2 Å². The number of rotatable bonds is 12. The molecule has 1 aliphatic heterocycles. The Morgan fingerprint density at radius 3 is 2.13 bits per heavy atom. The van der Waals surface area contributed by atoms with E-state index in [9.17, 15) is 18.0 Å². The Kier molecular flexibility index (Phi) is 9.45. The van der Waals surface area contributed by atoms with Gasteiger partial charge in [-0.3, -0.25) is 14.3 Å². The second-order valence-corrected chi connectivity index (χ2v) is 13.7. The number of aryl methyl sites for hydroxylation is 2. The largest absolute Gasteiger partial charge is 0.458 e. The third-order valence-corrected chi connectivity index (χ3v) is 10.1. The summed E-state index contributed by atoms with van der Waals surface area (Å²) in [7, 11) is -4.11. The molecule has 47 heavy (non-hydrogen) atoms. The molecule has 0 spiro atoms. The molecule has 1 aliphatic rings. The van der Waals surface area contributed by atoms with Gasteiger partial charge in [0.1, 0.15) is 11.5 Å². The zero-order valence-electron chi connectivity index (χ0n) is 26.2. The number of carbonyl (C=O) groups excluding carboxylic acids is 2. The Morgan fingerprint density at radius 2 is 1.49 bits per heavy atom. The van der Waals surface area contributed by atoms with E-state index in [1.165, 1.54) is 6.20 Å². The van der Waals surface area contributed by atoms with Crippen molar-refractivity contribution in [2.75, 3.05) is 4.72 Å². The van der Waals surface area contributed by atoms with Gasteiger partial charge < -0.3 is 4.74 Å². The molecule has 2 heterocycles. The molecule has 6 rings (SSSR count). The zero-order chi connectivity index (χ0) is 32.9. The van der Waals surface area contributed by atoms with Gasteiger partial charge in [-0.1, -0.05) is 97.9 Å². The molecular formula is C38H37N3O5S. The maximum atomic E-state index is 14.0. The lowest BCUT2D eigenvalue weighted by Crippen LogP contribution is -2.49. The van der Waals surface area contributed by atoms with Gasteiger partial charge in [0, 0.05) is 29.6 Å². The molecule has 1 aromatic heterocycles. The van der Waals surface area contributed by atoms with Crippen molar-refractivity contribution in [3.63, 3.8) is 0 Å². The van der Waals surface area contributed by atoms with E-state index in [1.54, 1.807) is 30.3 Å². The number of para-hydroxylation sites is 1. The molecule has 0 saturated carbocycles. The Labute approximate surface area is 275 Å². The Morgan fingerprint density at radius 1 is 0.851 bits per heavy atom. The highest BCUT2D eigenvalue weighted by Gasteiger charge is 2.49. The first-order valence-electron chi connectivity index (χ1n) is 15.9. The van der Waals surface area contributed by atoms with E-state index < -0.39 is 33.4 Å². The fraction of sp³-hybridized carbons (Fsp3) is 0.263. The normalized spacial score (nSPS) is 16.8. The summed E-state index contributed by atoms with van der Waals surface area (Å²) in [6, 6.07) is 34.0. The molecule has 4 aromatic carbocycles. The molecule has 1 fully saturated rings. The number of Topliss-reactive ketones (excluding diaryl/α,β-unsaturated/α-hetero) is 1. The zero-order valence-corrected chi connectivity index (χ0v) is 27.0. The SMILES string of the molecule is CCC(c1cccc(NS(=O)(=O)c2ncc3ccccc3n2)c1)C1C(=O)CC(CCc2ccccc2)(CCc2ccccc2)OC1=O. The molecule has 2 unspecified atom stereocenters. The number of fused-ring (bicyclic) bond motifs is 1. The fourth-order valence-corrected chi connectivity index (χ4v) is 7.42. The minimum atomic E-state index is -4.11. The monoisotopic (exact) mass is 647 g/mol. The third kappa shape index (κ3) is 7.41. The number of esters is 1. The molecule has 0 bridgehead atoms. The number of nitrogens with one attached hydrogen (secondary N) is 1. The maximum absolute atomic E-state index is 14.0. The number of ketones is 1. The van der Waals surface area contributed by atoms with Gasteiger partial charge in [-0.15, -0.1) is 0 Å². The van der Waals surface area contributed by atoms with Crippen LogP contribution in [0.5, 0.6) is 0 Å². The number of aromatic nitrogens is 2. The van der Waals surface area contributed by atoms with Crippen LogP contribution in [0, 0.1) is 5.92 Å². The fourth-order valence-electron chi connectivity index (χ4n) is 6.48. The highest BCUT2D eigenvalue weighted by molar-refractivity contribution is 7.92. The lowest BCUT2D eigenvalue weighted by atomic mass is 9.74. The molecule has 2 atom stereocenters. The summed E-state index contributed by atoms with van der Waals surface area (Å²) in [6.07, 6.45) is 4.53. The second kappa shape index (κ2) is 13.8. The average Bonchev–Trinajstić information content (AvgIpc) is 3.09. The molecule has 0 radical (unpaired) electrons. The van der Waals surface area contributed by atoms with Crippen LogP contribution in [0.3, 0.4) is 0 Å². The maximum Gasteiger partial charge on any atom is 0.317 e. The van der Waals surface area contributed by atoms with Gasteiger partial charge in [0.15, 0.2) is 5.78 Å². The smallest absolute Gasteiger partial charge is 0.317 e. The number of hydrogen-bond acceptors (Lipinski definition) is 7. The van der Waals surface area contributed by atoms with Gasteiger partial charge in [-0.05, 0) is 67.0 Å². The van der Waals surface area contributed by atoms with Gasteiger partial charge in [0.2, 0.25) is 0 Å². The number of carbonyl (C=O) groups is 2. The minimum Gasteiger partial charge on any atom is -0.458 e. The molecule has 0 aliphatic carbocycles. The molecule has 1 N–H and O–H groups in total. The summed E-state index contributed by atoms with van der Waals surface area (Å²) < 4.78 is 35.4. The molecule has 240 valence electrons. The van der Waals surface area contributed by atoms with Crippen LogP contribution in [0.15, 0.2) is 121 Å². The summed E-state index contributed by atoms with van der Waals surface area (Å²) in [5, 5.41) is 0.384. The minimum absolute atomic E-state index is 0.130. The first-order valence-corrected chi connectivity index (χ1v) is 17.4. The van der Waals surface area contributed by atoms with Gasteiger partial charge in [-0.25, -0.2) is 9.97 Å². The number of nitrogens with zero attached hydrogens (tertiary/aromatic N) is 2. The molecule has 9 heteroatoms. The van der Waals surface area contributed by atoms with Gasteiger partial charge in [0.05, 0.1) is 5.52 Å². The number of sulfonamides is 1. The molecule has 1 saturated heterocycles. The highest BCUT2D eigenvalue weighted by Crippen LogP contribution is 2.41. The van der Waals surface area contributed by atoms with Crippen LogP contribution in [0.25, 0.3) is 10.9 Å². The topological polar surface area (TPSA) is 115 Å². The van der Waals surface area contributed by atoms with Gasteiger partial charge >= 0.3 is 5.97 Å². The van der Waals surface area contributed by atoms with Crippen molar-refractivity contribution < 1.29 is 22.7 Å². The number of ether oxygens (including phenoxy) is 1. The van der Waals surface area contributed by atoms with E-state index in [2.05, 4.69) is 14.7 Å². The lowest BCUT2D eigenvalue weighted by Gasteiger charge is -2.41. The predicted molar refractivity (Wildman–Crippen MR) is 181 cm³/mol. The van der Waals surface area contributed by atoms with Crippen molar-refractivity contribution in [3.8, 4) is 0 Å². The van der Waals surface area contributed by atoms with E-state index in [-0.39, 0.29) is 23.0 Å². The number of cyclic esters (lactones) is 1. The van der Waals surface area contributed by atoms with E-state index >= 15 is 0 Å². The van der Waals surface area contributed by atoms with Crippen LogP contribution in [0.2, 0.25) is 0 Å². The third-order valence-electron chi connectivity index (χ3n) is 8.96. The molecular weight excluding hydrogens is 611 g/mol. The summed E-state index contributed by atoms with van der Waals surface area (Å²) in [5.41, 5.74) is 2.80. The second-order valence-electron chi connectivity index (χ2n) is 12.2. The first kappa shape index (κ1) is 32.1. The summed E-state index contributed by atoms with van der Waals surface area (Å²) in [4.78, 5) is 36.1. The predicted octanol–water partition coefficient (Wildman–Crippen LogP) is 7.06. The number of hydrogen-bond donors (Lipinski definition) is 1. The quantitative estimate of drug-likeness (QED) is 0.0876. The van der Waals surface area contributed by atoms with Crippen LogP contribution in [0.1, 0.15) is 55.2 Å². The van der Waals surface area contributed by atoms with E-state index in [4.69, 9.17) is 4.74 Å². The van der Waals surface area contributed by atoms with Crippen molar-refractivity contribution in [2.24, 2.45) is 5.92 Å². The van der Waals surface area contributed by atoms with Crippen molar-refractivity contribution >= 4 is 38.4 Å². The summed E-state index contributed by atoms with van der Waals surface area (Å²) in [6.45, 7) is 1.91. The van der Waals surface area contributed by atoms with Crippen LogP contribution in [0.4, 0.5) is 5.69 Å². The van der Waals surface area contributed by atoms with Crippen LogP contribution >= 0.6 is 0 Å². The Bertz CT molecular complexity index is 1920. The van der Waals surface area contributed by atoms with Crippen LogP contribution < -0.4 is 4.72 Å². The number of benzene rings is 4. The number of anilines is 1.